The fourth-order valence-corrected chi connectivity index (χ4v) is 3.90. The van der Waals surface area contributed by atoms with E-state index in [9.17, 15) is 9.59 Å². The minimum atomic E-state index is -0.132. The van der Waals surface area contributed by atoms with Crippen molar-refractivity contribution < 1.29 is 9.59 Å². The normalized spacial score (nSPS) is 15.7. The van der Waals surface area contributed by atoms with Gasteiger partial charge in [0.25, 0.3) is 5.91 Å². The first-order chi connectivity index (χ1) is 14.5. The lowest BCUT2D eigenvalue weighted by atomic mass is 10.0. The summed E-state index contributed by atoms with van der Waals surface area (Å²) in [5.41, 5.74) is 3.19. The molecule has 2 aromatic carbocycles. The largest absolute Gasteiger partial charge is 0.349 e. The molecule has 4 rings (SSSR count). The van der Waals surface area contributed by atoms with Crippen molar-refractivity contribution in [1.29, 1.82) is 0 Å². The predicted molar refractivity (Wildman–Crippen MR) is 115 cm³/mol. The number of hydrogen-bond acceptors (Lipinski definition) is 4. The van der Waals surface area contributed by atoms with Crippen LogP contribution in [0.15, 0.2) is 48.5 Å². The summed E-state index contributed by atoms with van der Waals surface area (Å²) in [7, 11) is 0. The Morgan fingerprint density at radius 2 is 1.87 bits per heavy atom. The molecule has 0 saturated carbocycles. The van der Waals surface area contributed by atoms with Crippen LogP contribution in [0.5, 0.6) is 0 Å². The summed E-state index contributed by atoms with van der Waals surface area (Å²) in [6, 6.07) is 15.4. The molecule has 0 spiro atoms. The van der Waals surface area contributed by atoms with Crippen LogP contribution in [-0.4, -0.2) is 32.6 Å². The number of nitrogens with zero attached hydrogens (tertiary/aromatic N) is 3. The van der Waals surface area contributed by atoms with Gasteiger partial charge in [0.1, 0.15) is 5.82 Å². The van der Waals surface area contributed by atoms with Crippen LogP contribution in [0.1, 0.15) is 41.5 Å². The molecule has 7 heteroatoms. The Morgan fingerprint density at radius 1 is 1.07 bits per heavy atom. The maximum Gasteiger partial charge on any atom is 0.251 e. The van der Waals surface area contributed by atoms with E-state index in [-0.39, 0.29) is 17.9 Å². The number of amides is 2. The van der Waals surface area contributed by atoms with Gasteiger partial charge in [-0.25, -0.2) is 0 Å². The molecule has 7 nitrogen and oxygen atoms in total. The molecule has 3 aromatic rings. The average Bonchev–Trinajstić information content (AvgIpc) is 3.03. The minimum Gasteiger partial charge on any atom is -0.349 e. The predicted octanol–water partition coefficient (Wildman–Crippen LogP) is 3.35. The first kappa shape index (κ1) is 19.8. The van der Waals surface area contributed by atoms with E-state index in [1.54, 1.807) is 12.1 Å². The molecule has 30 heavy (non-hydrogen) atoms. The third kappa shape index (κ3) is 4.25. The summed E-state index contributed by atoms with van der Waals surface area (Å²) in [6.45, 7) is 4.10. The van der Waals surface area contributed by atoms with Crippen molar-refractivity contribution in [1.82, 2.24) is 20.1 Å². The fraction of sp³-hybridized carbons (Fsp3) is 0.304. The Morgan fingerprint density at radius 3 is 2.60 bits per heavy atom. The number of benzene rings is 2. The molecule has 1 unspecified atom stereocenters. The van der Waals surface area contributed by atoms with E-state index < -0.39 is 0 Å². The van der Waals surface area contributed by atoms with E-state index >= 15 is 0 Å². The average molecular weight is 403 g/mol. The van der Waals surface area contributed by atoms with Crippen molar-refractivity contribution in [3.05, 3.63) is 65.5 Å². The molecule has 1 aliphatic rings. The highest BCUT2D eigenvalue weighted by atomic mass is 16.2. The van der Waals surface area contributed by atoms with Crippen molar-refractivity contribution in [3.8, 4) is 11.4 Å². The number of nitrogens with one attached hydrogen (secondary N) is 2. The van der Waals surface area contributed by atoms with Crippen molar-refractivity contribution >= 4 is 17.5 Å². The SMILES string of the molecule is CC(=O)Nc1ccc(C(=O)NC2CCc3nnc(-c4ccccc4)n3CC2)c(C)c1. The van der Waals surface area contributed by atoms with Crippen LogP contribution in [0.4, 0.5) is 5.69 Å². The number of rotatable bonds is 4. The zero-order valence-electron chi connectivity index (χ0n) is 17.2. The lowest BCUT2D eigenvalue weighted by molar-refractivity contribution is -0.114. The molecular formula is C23H25N5O2. The summed E-state index contributed by atoms with van der Waals surface area (Å²) in [5.74, 6) is 1.61. The molecule has 0 fully saturated rings. The number of aryl methyl sites for hydroxylation is 2. The van der Waals surface area contributed by atoms with Gasteiger partial charge in [-0.2, -0.15) is 0 Å². The number of carbonyl (C=O) groups is 2. The lowest BCUT2D eigenvalue weighted by Crippen LogP contribution is -2.35. The van der Waals surface area contributed by atoms with Gasteiger partial charge in [-0.15, -0.1) is 10.2 Å². The first-order valence-electron chi connectivity index (χ1n) is 10.2. The smallest absolute Gasteiger partial charge is 0.251 e. The number of anilines is 1. The molecular weight excluding hydrogens is 378 g/mol. The Bertz CT molecular complexity index is 1070. The Hall–Kier alpha value is -3.48. The highest BCUT2D eigenvalue weighted by Crippen LogP contribution is 2.23. The maximum absolute atomic E-state index is 12.8. The fourth-order valence-electron chi connectivity index (χ4n) is 3.90. The maximum atomic E-state index is 12.8. The van der Waals surface area contributed by atoms with Crippen LogP contribution in [-0.2, 0) is 17.8 Å². The van der Waals surface area contributed by atoms with E-state index in [1.165, 1.54) is 6.92 Å². The molecule has 2 heterocycles. The molecule has 0 radical (unpaired) electrons. The molecule has 0 bridgehead atoms. The summed E-state index contributed by atoms with van der Waals surface area (Å²) in [4.78, 5) is 24.1. The van der Waals surface area contributed by atoms with Crippen LogP contribution in [0, 0.1) is 6.92 Å². The summed E-state index contributed by atoms with van der Waals surface area (Å²) in [6.07, 6.45) is 2.41. The first-order valence-corrected chi connectivity index (χ1v) is 10.2. The van der Waals surface area contributed by atoms with Crippen LogP contribution in [0.25, 0.3) is 11.4 Å². The third-order valence-electron chi connectivity index (χ3n) is 5.40. The van der Waals surface area contributed by atoms with E-state index in [2.05, 4.69) is 25.4 Å². The second kappa shape index (κ2) is 8.49. The zero-order valence-corrected chi connectivity index (χ0v) is 17.2. The molecule has 0 saturated heterocycles. The highest BCUT2D eigenvalue weighted by molar-refractivity contribution is 5.97. The van der Waals surface area contributed by atoms with Gasteiger partial charge in [-0.3, -0.25) is 9.59 Å². The Kier molecular flexibility index (Phi) is 5.61. The topological polar surface area (TPSA) is 88.9 Å². The van der Waals surface area contributed by atoms with Gasteiger partial charge >= 0.3 is 0 Å². The molecule has 2 N–H and O–H groups in total. The zero-order chi connectivity index (χ0) is 21.1. The van der Waals surface area contributed by atoms with E-state index in [1.807, 2.05) is 43.3 Å². The van der Waals surface area contributed by atoms with Gasteiger partial charge in [-0.1, -0.05) is 30.3 Å². The standard InChI is InChI=1S/C23H25N5O2/c1-15-14-19(24-16(2)29)8-10-20(15)23(30)25-18-9-11-21-26-27-22(28(21)13-12-18)17-6-4-3-5-7-17/h3-8,10,14,18H,9,11-13H2,1-2H3,(H,24,29)(H,25,30). The number of carbonyl (C=O) groups excluding carboxylic acids is 2. The molecule has 154 valence electrons. The Balaban J connectivity index is 1.44. The molecule has 2 amide bonds. The summed E-state index contributed by atoms with van der Waals surface area (Å²) >= 11 is 0. The van der Waals surface area contributed by atoms with Gasteiger partial charge in [-0.05, 0) is 43.5 Å². The lowest BCUT2D eigenvalue weighted by Gasteiger charge is -2.17. The van der Waals surface area contributed by atoms with E-state index in [4.69, 9.17) is 0 Å². The Labute approximate surface area is 175 Å². The summed E-state index contributed by atoms with van der Waals surface area (Å²) in [5, 5.41) is 14.7. The van der Waals surface area contributed by atoms with Crippen LogP contribution >= 0.6 is 0 Å². The molecule has 1 aliphatic heterocycles. The third-order valence-corrected chi connectivity index (χ3v) is 5.40. The molecule has 0 aliphatic carbocycles. The van der Waals surface area contributed by atoms with Gasteiger partial charge in [0.05, 0.1) is 0 Å². The number of hydrogen-bond donors (Lipinski definition) is 2. The van der Waals surface area contributed by atoms with Crippen LogP contribution in [0.3, 0.4) is 0 Å². The van der Waals surface area contributed by atoms with Crippen molar-refractivity contribution in [2.24, 2.45) is 0 Å². The molecule has 1 aromatic heterocycles. The number of fused-ring (bicyclic) bond motifs is 1. The number of aromatic nitrogens is 3. The van der Waals surface area contributed by atoms with Crippen molar-refractivity contribution in [2.75, 3.05) is 5.32 Å². The minimum absolute atomic E-state index is 0.0669. The van der Waals surface area contributed by atoms with Gasteiger partial charge in [0, 0.05) is 42.7 Å². The second-order valence-corrected chi connectivity index (χ2v) is 7.67. The summed E-state index contributed by atoms with van der Waals surface area (Å²) < 4.78 is 2.16. The van der Waals surface area contributed by atoms with Crippen LogP contribution < -0.4 is 10.6 Å². The van der Waals surface area contributed by atoms with E-state index in [0.717, 1.165) is 48.6 Å². The highest BCUT2D eigenvalue weighted by Gasteiger charge is 2.23. The van der Waals surface area contributed by atoms with Crippen molar-refractivity contribution in [2.45, 2.75) is 45.7 Å². The monoisotopic (exact) mass is 403 g/mol. The quantitative estimate of drug-likeness (QED) is 0.699. The van der Waals surface area contributed by atoms with Gasteiger partial charge in [0.2, 0.25) is 5.91 Å². The van der Waals surface area contributed by atoms with E-state index in [0.29, 0.717) is 11.3 Å². The molecule has 1 atom stereocenters. The van der Waals surface area contributed by atoms with Crippen molar-refractivity contribution in [3.63, 3.8) is 0 Å². The van der Waals surface area contributed by atoms with Gasteiger partial charge in [0.15, 0.2) is 5.82 Å². The van der Waals surface area contributed by atoms with Gasteiger partial charge < -0.3 is 15.2 Å². The van der Waals surface area contributed by atoms with Crippen LogP contribution in [0.2, 0.25) is 0 Å². The second-order valence-electron chi connectivity index (χ2n) is 7.67.